The molecule has 1 aliphatic heterocycles. The molecular formula is C23H28N2O5S. The molecule has 0 aliphatic carbocycles. The Balaban J connectivity index is 1.76. The molecule has 0 saturated carbocycles. The second-order valence-corrected chi connectivity index (χ2v) is 9.63. The Morgan fingerprint density at radius 1 is 1.03 bits per heavy atom. The second kappa shape index (κ2) is 9.62. The van der Waals surface area contributed by atoms with Crippen LogP contribution in [0.5, 0.6) is 0 Å². The summed E-state index contributed by atoms with van der Waals surface area (Å²) in [4.78, 5) is 26.8. The number of sulfonamides is 1. The van der Waals surface area contributed by atoms with Gasteiger partial charge in [-0.25, -0.2) is 13.2 Å². The van der Waals surface area contributed by atoms with Crippen molar-refractivity contribution < 1.29 is 22.7 Å². The van der Waals surface area contributed by atoms with Crippen LogP contribution in [0.15, 0.2) is 53.4 Å². The molecule has 0 radical (unpaired) electrons. The molecular weight excluding hydrogens is 416 g/mol. The molecule has 166 valence electrons. The predicted octanol–water partition coefficient (Wildman–Crippen LogP) is 3.38. The first-order valence-electron chi connectivity index (χ1n) is 10.4. The number of aryl methyl sites for hydroxylation is 1. The van der Waals surface area contributed by atoms with Crippen molar-refractivity contribution >= 4 is 27.6 Å². The highest BCUT2D eigenvalue weighted by Gasteiger charge is 2.29. The number of hydrogen-bond acceptors (Lipinski definition) is 5. The first kappa shape index (κ1) is 23.0. The maximum absolute atomic E-state index is 13.1. The predicted molar refractivity (Wildman–Crippen MR) is 119 cm³/mol. The van der Waals surface area contributed by atoms with Gasteiger partial charge in [-0.05, 0) is 56.5 Å². The van der Waals surface area contributed by atoms with Gasteiger partial charge in [0.1, 0.15) is 0 Å². The van der Waals surface area contributed by atoms with Crippen LogP contribution in [0, 0.1) is 6.92 Å². The van der Waals surface area contributed by atoms with Crippen LogP contribution in [0.2, 0.25) is 0 Å². The molecule has 2 aromatic rings. The third-order valence-corrected chi connectivity index (χ3v) is 7.50. The Morgan fingerprint density at radius 2 is 1.68 bits per heavy atom. The third-order valence-electron chi connectivity index (χ3n) is 5.46. The van der Waals surface area contributed by atoms with E-state index in [0.717, 1.165) is 19.3 Å². The van der Waals surface area contributed by atoms with Gasteiger partial charge in [-0.2, -0.15) is 4.31 Å². The van der Waals surface area contributed by atoms with Crippen LogP contribution in [-0.2, 0) is 19.6 Å². The van der Waals surface area contributed by atoms with E-state index < -0.39 is 22.1 Å². The number of carbonyl (C=O) groups is 2. The zero-order valence-electron chi connectivity index (χ0n) is 18.1. The molecule has 1 heterocycles. The average molecular weight is 445 g/mol. The quantitative estimate of drug-likeness (QED) is 0.638. The minimum Gasteiger partial charge on any atom is -0.449 e. The van der Waals surface area contributed by atoms with E-state index in [0.29, 0.717) is 24.3 Å². The Kier molecular flexibility index (Phi) is 7.12. The van der Waals surface area contributed by atoms with Gasteiger partial charge in [0.25, 0.3) is 5.91 Å². The summed E-state index contributed by atoms with van der Waals surface area (Å²) < 4.78 is 33.0. The van der Waals surface area contributed by atoms with Gasteiger partial charge in [-0.1, -0.05) is 30.7 Å². The Bertz CT molecular complexity index is 1050. The molecule has 1 atom stereocenters. The van der Waals surface area contributed by atoms with Gasteiger partial charge in [0, 0.05) is 25.8 Å². The van der Waals surface area contributed by atoms with Gasteiger partial charge < -0.3 is 9.64 Å². The number of amides is 1. The van der Waals surface area contributed by atoms with E-state index in [-0.39, 0.29) is 16.4 Å². The molecule has 1 saturated heterocycles. The fourth-order valence-electron chi connectivity index (χ4n) is 3.58. The van der Waals surface area contributed by atoms with E-state index in [1.165, 1.54) is 28.3 Å². The number of para-hydroxylation sites is 1. The van der Waals surface area contributed by atoms with E-state index in [1.807, 2.05) is 18.2 Å². The topological polar surface area (TPSA) is 84.0 Å². The monoisotopic (exact) mass is 444 g/mol. The van der Waals surface area contributed by atoms with Gasteiger partial charge in [0.2, 0.25) is 10.0 Å². The molecule has 0 unspecified atom stereocenters. The SMILES string of the molecule is Cc1ccc(C(=O)O[C@H](C)C(=O)N(C)c2ccccc2)cc1S(=O)(=O)N1CCCCC1. The number of nitrogens with zero attached hydrogens (tertiary/aromatic N) is 2. The van der Waals surface area contributed by atoms with Crippen molar-refractivity contribution in [3.8, 4) is 0 Å². The number of esters is 1. The molecule has 1 aliphatic rings. The normalized spacial score (nSPS) is 15.8. The lowest BCUT2D eigenvalue weighted by atomic mass is 10.1. The number of ether oxygens (including phenoxy) is 1. The maximum Gasteiger partial charge on any atom is 0.338 e. The fourth-order valence-corrected chi connectivity index (χ4v) is 5.35. The molecule has 1 fully saturated rings. The number of anilines is 1. The summed E-state index contributed by atoms with van der Waals surface area (Å²) in [5.74, 6) is -1.12. The van der Waals surface area contributed by atoms with Crippen LogP contribution in [0.4, 0.5) is 5.69 Å². The molecule has 31 heavy (non-hydrogen) atoms. The maximum atomic E-state index is 13.1. The summed E-state index contributed by atoms with van der Waals surface area (Å²) in [6.07, 6.45) is 1.64. The summed E-state index contributed by atoms with van der Waals surface area (Å²) in [5, 5.41) is 0. The van der Waals surface area contributed by atoms with E-state index in [4.69, 9.17) is 4.74 Å². The molecule has 0 aromatic heterocycles. The van der Waals surface area contributed by atoms with Crippen LogP contribution in [0.1, 0.15) is 42.1 Å². The molecule has 3 rings (SSSR count). The summed E-state index contributed by atoms with van der Waals surface area (Å²) >= 11 is 0. The number of rotatable bonds is 6. The molecule has 0 bridgehead atoms. The lowest BCUT2D eigenvalue weighted by Gasteiger charge is -2.26. The van der Waals surface area contributed by atoms with Gasteiger partial charge in [0.05, 0.1) is 10.5 Å². The van der Waals surface area contributed by atoms with Gasteiger partial charge in [-0.3, -0.25) is 4.79 Å². The Hall–Kier alpha value is -2.71. The van der Waals surface area contributed by atoms with Crippen molar-refractivity contribution in [3.63, 3.8) is 0 Å². The smallest absolute Gasteiger partial charge is 0.338 e. The third kappa shape index (κ3) is 5.14. The minimum atomic E-state index is -3.69. The summed E-state index contributed by atoms with van der Waals surface area (Å²) in [5.41, 5.74) is 1.35. The van der Waals surface area contributed by atoms with Crippen molar-refractivity contribution in [2.24, 2.45) is 0 Å². The average Bonchev–Trinajstić information content (AvgIpc) is 2.79. The minimum absolute atomic E-state index is 0.100. The van der Waals surface area contributed by atoms with Crippen LogP contribution in [-0.4, -0.2) is 50.8 Å². The lowest BCUT2D eigenvalue weighted by Crippen LogP contribution is -2.37. The summed E-state index contributed by atoms with van der Waals surface area (Å²) in [7, 11) is -2.08. The van der Waals surface area contributed by atoms with E-state index >= 15 is 0 Å². The number of benzene rings is 2. The van der Waals surface area contributed by atoms with Gasteiger partial charge >= 0.3 is 5.97 Å². The van der Waals surface area contributed by atoms with E-state index in [1.54, 1.807) is 32.2 Å². The van der Waals surface area contributed by atoms with Gasteiger partial charge in [0.15, 0.2) is 6.10 Å². The van der Waals surface area contributed by atoms with Crippen molar-refractivity contribution in [1.82, 2.24) is 4.31 Å². The highest BCUT2D eigenvalue weighted by atomic mass is 32.2. The summed E-state index contributed by atoms with van der Waals surface area (Å²) in [6, 6.07) is 13.5. The van der Waals surface area contributed by atoms with Crippen molar-refractivity contribution in [1.29, 1.82) is 0 Å². The molecule has 0 N–H and O–H groups in total. The molecule has 1 amide bonds. The second-order valence-electron chi connectivity index (χ2n) is 7.73. The number of hydrogen-bond donors (Lipinski definition) is 0. The van der Waals surface area contributed by atoms with Crippen molar-refractivity contribution in [3.05, 3.63) is 59.7 Å². The van der Waals surface area contributed by atoms with Crippen molar-refractivity contribution in [2.75, 3.05) is 25.0 Å². The number of likely N-dealkylation sites (N-methyl/N-ethyl adjacent to an activating group) is 1. The van der Waals surface area contributed by atoms with E-state index in [9.17, 15) is 18.0 Å². The lowest BCUT2D eigenvalue weighted by molar-refractivity contribution is -0.126. The molecule has 0 spiro atoms. The van der Waals surface area contributed by atoms with Crippen LogP contribution < -0.4 is 4.90 Å². The van der Waals surface area contributed by atoms with E-state index in [2.05, 4.69) is 0 Å². The molecule has 7 nitrogen and oxygen atoms in total. The zero-order valence-corrected chi connectivity index (χ0v) is 18.9. The summed E-state index contributed by atoms with van der Waals surface area (Å²) in [6.45, 7) is 4.16. The fraction of sp³-hybridized carbons (Fsp3) is 0.391. The van der Waals surface area contributed by atoms with Crippen molar-refractivity contribution in [2.45, 2.75) is 44.1 Å². The first-order valence-corrected chi connectivity index (χ1v) is 11.8. The Morgan fingerprint density at radius 3 is 2.32 bits per heavy atom. The molecule has 8 heteroatoms. The van der Waals surface area contributed by atoms with Crippen LogP contribution in [0.3, 0.4) is 0 Å². The highest BCUT2D eigenvalue weighted by molar-refractivity contribution is 7.89. The van der Waals surface area contributed by atoms with Gasteiger partial charge in [-0.15, -0.1) is 0 Å². The molecule has 2 aromatic carbocycles. The highest BCUT2D eigenvalue weighted by Crippen LogP contribution is 2.25. The van der Waals surface area contributed by atoms with Crippen LogP contribution in [0.25, 0.3) is 0 Å². The number of piperidine rings is 1. The zero-order chi connectivity index (χ0) is 22.6. The first-order chi connectivity index (χ1) is 14.7. The Labute approximate surface area is 183 Å². The van der Waals surface area contributed by atoms with Crippen LogP contribution >= 0.6 is 0 Å². The number of carbonyl (C=O) groups excluding carboxylic acids is 2. The standard InChI is InChI=1S/C23H28N2O5S/c1-17-12-13-19(16-21(17)31(28,29)25-14-8-5-9-15-25)23(27)30-18(2)22(26)24(3)20-10-6-4-7-11-20/h4,6-7,10-13,16,18H,5,8-9,14-15H2,1-3H3/t18-/m1/s1. The largest absolute Gasteiger partial charge is 0.449 e.